The van der Waals surface area contributed by atoms with Crippen LogP contribution in [0.4, 0.5) is 8.78 Å². The number of hydrogen-bond acceptors (Lipinski definition) is 2. The number of alkyl halides is 2. The highest BCUT2D eigenvalue weighted by Crippen LogP contribution is 2.32. The first-order chi connectivity index (χ1) is 6.21. The Morgan fingerprint density at radius 1 is 1.47 bits per heavy atom. The van der Waals surface area contributed by atoms with Gasteiger partial charge in [0.25, 0.3) is 5.92 Å². The second-order valence-corrected chi connectivity index (χ2v) is 5.15. The molecule has 1 rings (SSSR count). The largest absolute Gasteiger partial charge is 0.324 e. The van der Waals surface area contributed by atoms with Crippen LogP contribution in [-0.2, 0) is 0 Å². The predicted molar refractivity (Wildman–Crippen MR) is 60.7 cm³/mol. The van der Waals surface area contributed by atoms with Crippen LogP contribution in [0.1, 0.15) is 27.2 Å². The maximum atomic E-state index is 13.3. The molecule has 0 bridgehead atoms. The number of nitrogens with zero attached hydrogens (tertiary/aromatic N) is 1. The lowest BCUT2D eigenvalue weighted by atomic mass is 9.93. The summed E-state index contributed by atoms with van der Waals surface area (Å²) in [5.41, 5.74) is 5.41. The molecule has 1 aliphatic rings. The highest BCUT2D eigenvalue weighted by molar-refractivity contribution is 5.85. The molecule has 0 saturated carbocycles. The Bertz CT molecular complexity index is 204. The molecule has 2 N–H and O–H groups in total. The summed E-state index contributed by atoms with van der Waals surface area (Å²) in [5, 5.41) is 0. The van der Waals surface area contributed by atoms with E-state index in [0.717, 1.165) is 6.54 Å². The van der Waals surface area contributed by atoms with Crippen LogP contribution in [0, 0.1) is 5.92 Å². The van der Waals surface area contributed by atoms with Gasteiger partial charge in [-0.1, -0.05) is 6.92 Å². The smallest absolute Gasteiger partial charge is 0.263 e. The third-order valence-electron chi connectivity index (χ3n) is 2.66. The fourth-order valence-corrected chi connectivity index (χ4v) is 1.83. The predicted octanol–water partition coefficient (Wildman–Crippen LogP) is 2.12. The first-order valence-electron chi connectivity index (χ1n) is 5.10. The van der Waals surface area contributed by atoms with Gasteiger partial charge in [0.1, 0.15) is 0 Å². The maximum absolute atomic E-state index is 13.3. The number of piperidine rings is 1. The fourth-order valence-electron chi connectivity index (χ4n) is 1.83. The fraction of sp³-hybridized carbons (Fsp3) is 1.00. The lowest BCUT2D eigenvalue weighted by Gasteiger charge is -2.39. The van der Waals surface area contributed by atoms with Crippen molar-refractivity contribution in [2.45, 2.75) is 38.7 Å². The topological polar surface area (TPSA) is 29.3 Å². The van der Waals surface area contributed by atoms with Crippen molar-refractivity contribution in [3.05, 3.63) is 0 Å². The van der Waals surface area contributed by atoms with Gasteiger partial charge in [-0.15, -0.1) is 12.4 Å². The second kappa shape index (κ2) is 4.93. The molecule has 1 heterocycles. The molecule has 0 aromatic heterocycles. The zero-order valence-corrected chi connectivity index (χ0v) is 10.4. The van der Waals surface area contributed by atoms with Gasteiger partial charge in [-0.25, -0.2) is 8.78 Å². The van der Waals surface area contributed by atoms with Crippen molar-refractivity contribution in [1.29, 1.82) is 0 Å². The first kappa shape index (κ1) is 15.1. The Kier molecular flexibility index (Phi) is 4.96. The zero-order chi connectivity index (χ0) is 11.0. The summed E-state index contributed by atoms with van der Waals surface area (Å²) in [6.07, 6.45) is 0.559. The van der Waals surface area contributed by atoms with Crippen LogP contribution in [0.25, 0.3) is 0 Å². The molecule has 1 atom stereocenters. The van der Waals surface area contributed by atoms with Crippen molar-refractivity contribution in [1.82, 2.24) is 4.90 Å². The molecular weight excluding hydrogens is 222 g/mol. The van der Waals surface area contributed by atoms with E-state index in [1.165, 1.54) is 0 Å². The number of likely N-dealkylation sites (tertiary alicyclic amines) is 1. The van der Waals surface area contributed by atoms with Gasteiger partial charge in [-0.05, 0) is 26.8 Å². The standard InChI is InChI=1S/C10H20F2N2.ClH/c1-8-4-5-14(6-9(2,3)13)7-10(8,11)12;/h8H,4-7,13H2,1-3H3;1H. The average Bonchev–Trinajstić information content (AvgIpc) is 1.93. The molecular formula is C10H21ClF2N2. The van der Waals surface area contributed by atoms with Crippen molar-refractivity contribution < 1.29 is 8.78 Å². The van der Waals surface area contributed by atoms with Crippen molar-refractivity contribution in [3.63, 3.8) is 0 Å². The minimum atomic E-state index is -2.55. The quantitative estimate of drug-likeness (QED) is 0.804. The summed E-state index contributed by atoms with van der Waals surface area (Å²) in [5.74, 6) is -3.05. The van der Waals surface area contributed by atoms with E-state index < -0.39 is 17.4 Å². The second-order valence-electron chi connectivity index (χ2n) is 5.15. The van der Waals surface area contributed by atoms with Gasteiger partial charge in [0, 0.05) is 18.0 Å². The highest BCUT2D eigenvalue weighted by atomic mass is 35.5. The molecule has 0 amide bonds. The van der Waals surface area contributed by atoms with Crippen molar-refractivity contribution in [3.8, 4) is 0 Å². The third-order valence-corrected chi connectivity index (χ3v) is 2.66. The summed E-state index contributed by atoms with van der Waals surface area (Å²) in [4.78, 5) is 1.76. The average molecular weight is 243 g/mol. The molecule has 5 heteroatoms. The van der Waals surface area contributed by atoms with Crippen LogP contribution in [0.3, 0.4) is 0 Å². The van der Waals surface area contributed by atoms with E-state index >= 15 is 0 Å². The minimum absolute atomic E-state index is 0. The van der Waals surface area contributed by atoms with Crippen LogP contribution in [0.15, 0.2) is 0 Å². The van der Waals surface area contributed by atoms with Gasteiger partial charge in [0.05, 0.1) is 6.54 Å². The Hall–Kier alpha value is 0.0700. The van der Waals surface area contributed by atoms with E-state index in [1.54, 1.807) is 11.8 Å². The maximum Gasteiger partial charge on any atom is 0.263 e. The molecule has 92 valence electrons. The van der Waals surface area contributed by atoms with Crippen LogP contribution < -0.4 is 5.73 Å². The van der Waals surface area contributed by atoms with Crippen LogP contribution in [0.2, 0.25) is 0 Å². The monoisotopic (exact) mass is 242 g/mol. The van der Waals surface area contributed by atoms with Crippen molar-refractivity contribution >= 4 is 12.4 Å². The van der Waals surface area contributed by atoms with E-state index in [2.05, 4.69) is 0 Å². The Morgan fingerprint density at radius 3 is 2.40 bits per heavy atom. The van der Waals surface area contributed by atoms with Crippen molar-refractivity contribution in [2.75, 3.05) is 19.6 Å². The lowest BCUT2D eigenvalue weighted by molar-refractivity contribution is -0.107. The highest BCUT2D eigenvalue weighted by Gasteiger charge is 2.42. The Morgan fingerprint density at radius 2 is 2.00 bits per heavy atom. The summed E-state index contributed by atoms with van der Waals surface area (Å²) in [6, 6.07) is 0. The first-order valence-corrected chi connectivity index (χ1v) is 5.10. The molecule has 15 heavy (non-hydrogen) atoms. The summed E-state index contributed by atoms with van der Waals surface area (Å²) < 4.78 is 26.7. The molecule has 0 aromatic rings. The molecule has 0 aromatic carbocycles. The number of nitrogens with two attached hydrogens (primary N) is 1. The molecule has 0 aliphatic carbocycles. The number of rotatable bonds is 2. The molecule has 1 aliphatic heterocycles. The van der Waals surface area contributed by atoms with E-state index in [-0.39, 0.29) is 19.0 Å². The van der Waals surface area contributed by atoms with Gasteiger partial charge in [0.15, 0.2) is 0 Å². The van der Waals surface area contributed by atoms with Gasteiger partial charge in [0.2, 0.25) is 0 Å². The molecule has 0 radical (unpaired) electrons. The summed E-state index contributed by atoms with van der Waals surface area (Å²) >= 11 is 0. The molecule has 1 unspecified atom stereocenters. The Balaban J connectivity index is 0.00000196. The number of hydrogen-bond donors (Lipinski definition) is 1. The molecule has 1 saturated heterocycles. The number of halogens is 3. The van der Waals surface area contributed by atoms with Gasteiger partial charge < -0.3 is 5.73 Å². The van der Waals surface area contributed by atoms with Gasteiger partial charge in [-0.2, -0.15) is 0 Å². The van der Waals surface area contributed by atoms with Crippen LogP contribution >= 0.6 is 12.4 Å². The van der Waals surface area contributed by atoms with E-state index in [4.69, 9.17) is 5.73 Å². The minimum Gasteiger partial charge on any atom is -0.324 e. The molecule has 1 fully saturated rings. The summed E-state index contributed by atoms with van der Waals surface area (Å²) in [6.45, 7) is 6.47. The van der Waals surface area contributed by atoms with Gasteiger partial charge >= 0.3 is 0 Å². The SMILES string of the molecule is CC1CCN(CC(C)(C)N)CC1(F)F.Cl. The van der Waals surface area contributed by atoms with E-state index in [9.17, 15) is 8.78 Å². The van der Waals surface area contributed by atoms with Crippen LogP contribution in [0.5, 0.6) is 0 Å². The molecule has 0 spiro atoms. The lowest BCUT2D eigenvalue weighted by Crippen LogP contribution is -2.53. The van der Waals surface area contributed by atoms with Gasteiger partial charge in [-0.3, -0.25) is 4.90 Å². The normalized spacial score (nSPS) is 27.2. The van der Waals surface area contributed by atoms with Crippen LogP contribution in [-0.4, -0.2) is 36.0 Å². The third kappa shape index (κ3) is 4.62. The zero-order valence-electron chi connectivity index (χ0n) is 9.59. The van der Waals surface area contributed by atoms with E-state index in [0.29, 0.717) is 13.0 Å². The van der Waals surface area contributed by atoms with Crippen molar-refractivity contribution in [2.24, 2.45) is 11.7 Å². The molecule has 2 nitrogen and oxygen atoms in total. The summed E-state index contributed by atoms with van der Waals surface area (Å²) in [7, 11) is 0. The van der Waals surface area contributed by atoms with E-state index in [1.807, 2.05) is 13.8 Å². The Labute approximate surface area is 96.6 Å².